The quantitative estimate of drug-likeness (QED) is 0.694. The number of nitrogens with zero attached hydrogens (tertiary/aromatic N) is 3. The lowest BCUT2D eigenvalue weighted by molar-refractivity contribution is 0.201. The predicted molar refractivity (Wildman–Crippen MR) is 102 cm³/mol. The Kier molecular flexibility index (Phi) is 5.34. The van der Waals surface area contributed by atoms with Gasteiger partial charge in [0.1, 0.15) is 12.4 Å². The summed E-state index contributed by atoms with van der Waals surface area (Å²) in [6, 6.07) is 16.8. The normalized spacial score (nSPS) is 11.2. The van der Waals surface area contributed by atoms with Crippen molar-refractivity contribution in [1.82, 2.24) is 9.36 Å². The first kappa shape index (κ1) is 17.7. The smallest absolute Gasteiger partial charge is 0.297 e. The van der Waals surface area contributed by atoms with Gasteiger partial charge in [-0.3, -0.25) is 9.48 Å². The molecular formula is C20H21N3O3. The molecular weight excluding hydrogens is 330 g/mol. The Bertz CT molecular complexity index is 972. The lowest BCUT2D eigenvalue weighted by Crippen LogP contribution is -2.19. The van der Waals surface area contributed by atoms with Gasteiger partial charge in [-0.15, -0.1) is 0 Å². The third-order valence-electron chi connectivity index (χ3n) is 4.12. The lowest BCUT2D eigenvalue weighted by atomic mass is 10.2. The summed E-state index contributed by atoms with van der Waals surface area (Å²) in [7, 11) is 1.83. The fourth-order valence-electron chi connectivity index (χ4n) is 2.71. The summed E-state index contributed by atoms with van der Waals surface area (Å²) in [5.41, 5.74) is 2.50. The van der Waals surface area contributed by atoms with Crippen LogP contribution in [0.15, 0.2) is 64.4 Å². The van der Waals surface area contributed by atoms with E-state index in [4.69, 9.17) is 9.84 Å². The highest BCUT2D eigenvalue weighted by Gasteiger charge is 2.15. The Morgan fingerprint density at radius 1 is 1.12 bits per heavy atom. The Morgan fingerprint density at radius 3 is 2.54 bits per heavy atom. The minimum absolute atomic E-state index is 0.0644. The zero-order valence-corrected chi connectivity index (χ0v) is 14.8. The highest BCUT2D eigenvalue weighted by Crippen LogP contribution is 2.19. The second kappa shape index (κ2) is 7.84. The van der Waals surface area contributed by atoms with E-state index in [1.165, 1.54) is 0 Å². The third-order valence-corrected chi connectivity index (χ3v) is 4.12. The van der Waals surface area contributed by atoms with Gasteiger partial charge >= 0.3 is 0 Å². The first-order valence-electron chi connectivity index (χ1n) is 8.34. The van der Waals surface area contributed by atoms with E-state index in [-0.39, 0.29) is 18.8 Å². The Morgan fingerprint density at radius 2 is 1.81 bits per heavy atom. The van der Waals surface area contributed by atoms with Gasteiger partial charge in [0.05, 0.1) is 18.0 Å². The summed E-state index contributed by atoms with van der Waals surface area (Å²) < 4.78 is 8.89. The van der Waals surface area contributed by atoms with Crippen molar-refractivity contribution in [3.8, 4) is 11.4 Å². The van der Waals surface area contributed by atoms with Crippen LogP contribution >= 0.6 is 0 Å². The van der Waals surface area contributed by atoms with Crippen LogP contribution < -0.4 is 10.3 Å². The van der Waals surface area contributed by atoms with E-state index in [0.717, 1.165) is 16.9 Å². The van der Waals surface area contributed by atoms with Crippen molar-refractivity contribution in [1.29, 1.82) is 0 Å². The Labute approximate surface area is 151 Å². The number of aliphatic hydroxyl groups excluding tert-OH is 1. The first-order chi connectivity index (χ1) is 12.6. The van der Waals surface area contributed by atoms with Crippen molar-refractivity contribution >= 4 is 11.9 Å². The zero-order valence-electron chi connectivity index (χ0n) is 14.8. The molecule has 2 aromatic carbocycles. The van der Waals surface area contributed by atoms with Gasteiger partial charge in [0.25, 0.3) is 5.56 Å². The second-order valence-corrected chi connectivity index (χ2v) is 5.78. The predicted octanol–water partition coefficient (Wildman–Crippen LogP) is 2.61. The van der Waals surface area contributed by atoms with Crippen LogP contribution in [-0.2, 0) is 7.05 Å². The average Bonchev–Trinajstić information content (AvgIpc) is 2.88. The molecule has 134 valence electrons. The molecule has 0 radical (unpaired) electrons. The number of aromatic nitrogens is 2. The molecule has 3 aromatic rings. The molecule has 0 unspecified atom stereocenters. The minimum Gasteiger partial charge on any atom is -0.491 e. The van der Waals surface area contributed by atoms with E-state index >= 15 is 0 Å². The number of hydrogen-bond donors (Lipinski definition) is 1. The summed E-state index contributed by atoms with van der Waals surface area (Å²) in [6.45, 7) is 2.00. The summed E-state index contributed by atoms with van der Waals surface area (Å²) in [4.78, 5) is 17.3. The van der Waals surface area contributed by atoms with E-state index in [0.29, 0.717) is 11.4 Å². The van der Waals surface area contributed by atoms with E-state index < -0.39 is 0 Å². The van der Waals surface area contributed by atoms with Crippen molar-refractivity contribution in [2.24, 2.45) is 12.0 Å². The lowest BCUT2D eigenvalue weighted by Gasteiger charge is -2.07. The Balaban J connectivity index is 2.00. The molecule has 0 aliphatic rings. The molecule has 0 aliphatic heterocycles. The van der Waals surface area contributed by atoms with Crippen molar-refractivity contribution < 1.29 is 9.84 Å². The number of ether oxygens (including phenoxy) is 1. The molecule has 1 aromatic heterocycles. The molecule has 0 atom stereocenters. The van der Waals surface area contributed by atoms with Crippen LogP contribution in [0.5, 0.6) is 5.75 Å². The fourth-order valence-corrected chi connectivity index (χ4v) is 2.71. The molecule has 26 heavy (non-hydrogen) atoms. The largest absolute Gasteiger partial charge is 0.491 e. The molecule has 0 amide bonds. The van der Waals surface area contributed by atoms with E-state index in [1.807, 2.05) is 62.5 Å². The van der Waals surface area contributed by atoms with Gasteiger partial charge in [-0.25, -0.2) is 9.67 Å². The molecule has 6 heteroatoms. The van der Waals surface area contributed by atoms with Gasteiger partial charge in [0, 0.05) is 18.8 Å². The molecule has 0 saturated heterocycles. The monoisotopic (exact) mass is 351 g/mol. The second-order valence-electron chi connectivity index (χ2n) is 5.78. The van der Waals surface area contributed by atoms with Gasteiger partial charge in [-0.2, -0.15) is 0 Å². The van der Waals surface area contributed by atoms with Crippen LogP contribution in [0.1, 0.15) is 11.3 Å². The Hall–Kier alpha value is -3.12. The average molecular weight is 351 g/mol. The molecule has 0 saturated carbocycles. The van der Waals surface area contributed by atoms with Gasteiger partial charge < -0.3 is 9.84 Å². The SMILES string of the molecule is Cc1c(N=Cc2ccccc2OCCO)c(=O)n(-c2ccccc2)n1C. The van der Waals surface area contributed by atoms with Gasteiger partial charge in [-0.1, -0.05) is 30.3 Å². The van der Waals surface area contributed by atoms with Gasteiger partial charge in [0.2, 0.25) is 0 Å². The first-order valence-corrected chi connectivity index (χ1v) is 8.34. The minimum atomic E-state index is -0.179. The highest BCUT2D eigenvalue weighted by atomic mass is 16.5. The van der Waals surface area contributed by atoms with E-state index in [2.05, 4.69) is 4.99 Å². The summed E-state index contributed by atoms with van der Waals surface area (Å²) >= 11 is 0. The van der Waals surface area contributed by atoms with Crippen molar-refractivity contribution in [2.75, 3.05) is 13.2 Å². The third kappa shape index (κ3) is 3.45. The topological polar surface area (TPSA) is 68.8 Å². The van der Waals surface area contributed by atoms with Crippen LogP contribution in [0.4, 0.5) is 5.69 Å². The number of benzene rings is 2. The van der Waals surface area contributed by atoms with E-state index in [9.17, 15) is 4.79 Å². The summed E-state index contributed by atoms with van der Waals surface area (Å²) in [5.74, 6) is 0.613. The van der Waals surface area contributed by atoms with Gasteiger partial charge in [0.15, 0.2) is 5.69 Å². The molecule has 3 rings (SSSR count). The molecule has 0 fully saturated rings. The molecule has 0 bridgehead atoms. The van der Waals surface area contributed by atoms with Crippen molar-refractivity contribution in [3.63, 3.8) is 0 Å². The zero-order chi connectivity index (χ0) is 18.5. The van der Waals surface area contributed by atoms with Gasteiger partial charge in [-0.05, 0) is 31.2 Å². The van der Waals surface area contributed by atoms with Crippen molar-refractivity contribution in [2.45, 2.75) is 6.92 Å². The molecule has 1 heterocycles. The van der Waals surface area contributed by atoms with Crippen LogP contribution in [0.2, 0.25) is 0 Å². The van der Waals surface area contributed by atoms with Crippen LogP contribution in [0.3, 0.4) is 0 Å². The van der Waals surface area contributed by atoms with Crippen LogP contribution in [0.25, 0.3) is 5.69 Å². The number of aliphatic hydroxyl groups is 1. The maximum atomic E-state index is 12.9. The summed E-state index contributed by atoms with van der Waals surface area (Å²) in [6.07, 6.45) is 1.62. The maximum absolute atomic E-state index is 12.9. The number of hydrogen-bond acceptors (Lipinski definition) is 4. The number of rotatable bonds is 6. The standard InChI is InChI=1S/C20H21N3O3/c1-15-19(20(25)23(22(15)2)17-9-4-3-5-10-17)21-14-16-8-6-7-11-18(16)26-13-12-24/h3-11,14,24H,12-13H2,1-2H3. The number of para-hydroxylation sites is 2. The molecule has 0 aliphatic carbocycles. The summed E-state index contributed by atoms with van der Waals surface area (Å²) in [5, 5.41) is 8.94. The van der Waals surface area contributed by atoms with Crippen LogP contribution in [0, 0.1) is 6.92 Å². The number of aliphatic imine (C=N–C) groups is 1. The van der Waals surface area contributed by atoms with E-state index in [1.54, 1.807) is 21.6 Å². The fraction of sp³-hybridized carbons (Fsp3) is 0.200. The molecule has 0 spiro atoms. The molecule has 6 nitrogen and oxygen atoms in total. The molecule has 1 N–H and O–H groups in total. The highest BCUT2D eigenvalue weighted by molar-refractivity contribution is 5.85. The maximum Gasteiger partial charge on any atom is 0.297 e. The van der Waals surface area contributed by atoms with Crippen LogP contribution in [-0.4, -0.2) is 33.9 Å². The van der Waals surface area contributed by atoms with Crippen molar-refractivity contribution in [3.05, 3.63) is 76.2 Å².